The maximum Gasteiger partial charge on any atom is 0.243 e. The van der Waals surface area contributed by atoms with E-state index in [1.165, 1.54) is 41.3 Å². The summed E-state index contributed by atoms with van der Waals surface area (Å²) in [4.78, 5) is 27.4. The molecule has 0 spiro atoms. The Morgan fingerprint density at radius 3 is 2.45 bits per heavy atom. The van der Waals surface area contributed by atoms with E-state index in [0.29, 0.717) is 18.8 Å². The summed E-state index contributed by atoms with van der Waals surface area (Å²) in [5, 5.41) is 2.82. The molecule has 0 unspecified atom stereocenters. The topological polar surface area (TPSA) is 105 Å². The smallest absolute Gasteiger partial charge is 0.243 e. The van der Waals surface area contributed by atoms with Crippen molar-refractivity contribution in [3.63, 3.8) is 0 Å². The molecule has 0 saturated carbocycles. The number of carbonyl (C=O) groups excluding carboxylic acids is 2. The monoisotopic (exact) mass is 477 g/mol. The average Bonchev–Trinajstić information content (AvgIpc) is 3.34. The normalized spacial score (nSPS) is 16.8. The van der Waals surface area contributed by atoms with E-state index in [9.17, 15) is 22.4 Å². The zero-order valence-electron chi connectivity index (χ0n) is 18.4. The molecule has 33 heavy (non-hydrogen) atoms. The van der Waals surface area contributed by atoms with Gasteiger partial charge in [-0.25, -0.2) is 17.5 Å². The Kier molecular flexibility index (Phi) is 8.54. The minimum Gasteiger partial charge on any atom is -0.376 e. The highest BCUT2D eigenvalue weighted by atomic mass is 32.2. The predicted molar refractivity (Wildman–Crippen MR) is 122 cm³/mol. The van der Waals surface area contributed by atoms with E-state index >= 15 is 0 Å². The van der Waals surface area contributed by atoms with E-state index in [4.69, 9.17) is 4.74 Å². The van der Waals surface area contributed by atoms with Crippen LogP contribution in [0, 0.1) is 5.82 Å². The molecule has 3 rings (SSSR count). The second kappa shape index (κ2) is 11.4. The summed E-state index contributed by atoms with van der Waals surface area (Å²) in [6.07, 6.45) is 1.98. The number of sulfonamides is 1. The number of halogens is 1. The van der Waals surface area contributed by atoms with Crippen molar-refractivity contribution in [2.45, 2.75) is 43.2 Å². The first-order chi connectivity index (χ1) is 15.8. The van der Waals surface area contributed by atoms with E-state index in [0.717, 1.165) is 12.8 Å². The summed E-state index contributed by atoms with van der Waals surface area (Å²) in [6, 6.07) is 11.9. The van der Waals surface area contributed by atoms with Gasteiger partial charge < -0.3 is 10.1 Å². The number of benzene rings is 2. The number of carbonyl (C=O) groups is 2. The van der Waals surface area contributed by atoms with Gasteiger partial charge in [0.2, 0.25) is 21.8 Å². The molecule has 0 aliphatic carbocycles. The zero-order valence-corrected chi connectivity index (χ0v) is 19.2. The highest BCUT2D eigenvalue weighted by Gasteiger charge is 2.31. The molecular weight excluding hydrogens is 449 g/mol. The Morgan fingerprint density at radius 1 is 1.15 bits per heavy atom. The lowest BCUT2D eigenvalue weighted by Gasteiger charge is -2.31. The molecule has 0 radical (unpaired) electrons. The van der Waals surface area contributed by atoms with Crippen LogP contribution in [0.4, 0.5) is 10.1 Å². The fourth-order valence-electron chi connectivity index (χ4n) is 3.65. The summed E-state index contributed by atoms with van der Waals surface area (Å²) < 4.78 is 46.4. The highest BCUT2D eigenvalue weighted by molar-refractivity contribution is 7.89. The first kappa shape index (κ1) is 24.8. The van der Waals surface area contributed by atoms with Gasteiger partial charge >= 0.3 is 0 Å². The van der Waals surface area contributed by atoms with E-state index in [2.05, 4.69) is 10.0 Å². The molecule has 1 aliphatic heterocycles. The molecule has 2 aromatic carbocycles. The first-order valence-electron chi connectivity index (χ1n) is 10.8. The Labute approximate surface area is 193 Å². The van der Waals surface area contributed by atoms with Crippen LogP contribution >= 0.6 is 0 Å². The van der Waals surface area contributed by atoms with Gasteiger partial charge in [-0.1, -0.05) is 25.1 Å². The molecule has 2 atom stereocenters. The van der Waals surface area contributed by atoms with Crippen molar-refractivity contribution in [3.8, 4) is 0 Å². The molecule has 2 amide bonds. The number of rotatable bonds is 10. The fourth-order valence-corrected chi connectivity index (χ4v) is 4.64. The zero-order chi connectivity index (χ0) is 23.8. The van der Waals surface area contributed by atoms with Crippen LogP contribution in [0.3, 0.4) is 0 Å². The van der Waals surface area contributed by atoms with E-state index in [1.807, 2.05) is 0 Å². The second-order valence-corrected chi connectivity index (χ2v) is 9.45. The number of anilines is 1. The summed E-state index contributed by atoms with van der Waals surface area (Å²) in [7, 11) is -3.93. The van der Waals surface area contributed by atoms with Crippen LogP contribution < -0.4 is 14.9 Å². The van der Waals surface area contributed by atoms with Crippen LogP contribution in [-0.4, -0.2) is 52.1 Å². The summed E-state index contributed by atoms with van der Waals surface area (Å²) in [6.45, 7) is 2.15. The van der Waals surface area contributed by atoms with Crippen molar-refractivity contribution in [1.29, 1.82) is 0 Å². The lowest BCUT2D eigenvalue weighted by molar-refractivity contribution is -0.126. The molecular formula is C23H28FN3O5S. The first-order valence-corrected chi connectivity index (χ1v) is 12.3. The molecule has 1 aliphatic rings. The molecule has 8 nitrogen and oxygen atoms in total. The van der Waals surface area contributed by atoms with Crippen molar-refractivity contribution in [2.24, 2.45) is 0 Å². The largest absolute Gasteiger partial charge is 0.376 e. The molecule has 1 heterocycles. The SMILES string of the molecule is CC[C@@H](C(=O)NC[C@H]1CCCO1)N(C(=O)CNS(=O)(=O)c1ccccc1)c1ccc(F)cc1. The molecule has 0 aromatic heterocycles. The number of nitrogens with one attached hydrogen (secondary N) is 2. The van der Waals surface area contributed by atoms with Gasteiger partial charge in [0.25, 0.3) is 0 Å². The maximum atomic E-state index is 13.5. The van der Waals surface area contributed by atoms with Gasteiger partial charge in [-0.2, -0.15) is 0 Å². The average molecular weight is 478 g/mol. The molecule has 1 fully saturated rings. The van der Waals surface area contributed by atoms with Crippen molar-refractivity contribution in [2.75, 3.05) is 24.6 Å². The minimum atomic E-state index is -3.93. The van der Waals surface area contributed by atoms with Gasteiger partial charge in [-0.3, -0.25) is 14.5 Å². The molecule has 2 aromatic rings. The van der Waals surface area contributed by atoms with Crippen LogP contribution in [0.25, 0.3) is 0 Å². The van der Waals surface area contributed by atoms with Gasteiger partial charge in [0.05, 0.1) is 17.5 Å². The quantitative estimate of drug-likeness (QED) is 0.546. The number of amides is 2. The third-order valence-electron chi connectivity index (χ3n) is 5.37. The van der Waals surface area contributed by atoms with Crippen LogP contribution in [0.1, 0.15) is 26.2 Å². The Hall–Kier alpha value is -2.82. The van der Waals surface area contributed by atoms with Crippen molar-refractivity contribution < 1.29 is 27.1 Å². The van der Waals surface area contributed by atoms with Crippen molar-refractivity contribution in [3.05, 3.63) is 60.4 Å². The predicted octanol–water partition coefficient (Wildman–Crippen LogP) is 2.21. The number of hydrogen-bond donors (Lipinski definition) is 2. The van der Waals surface area contributed by atoms with E-state index < -0.39 is 40.2 Å². The third-order valence-corrected chi connectivity index (χ3v) is 6.79. The van der Waals surface area contributed by atoms with Crippen molar-refractivity contribution in [1.82, 2.24) is 10.0 Å². The van der Waals surface area contributed by atoms with E-state index in [1.54, 1.807) is 25.1 Å². The lowest BCUT2D eigenvalue weighted by atomic mass is 10.1. The number of hydrogen-bond acceptors (Lipinski definition) is 5. The summed E-state index contributed by atoms with van der Waals surface area (Å²) >= 11 is 0. The molecule has 178 valence electrons. The molecule has 0 bridgehead atoms. The summed E-state index contributed by atoms with van der Waals surface area (Å²) in [5.41, 5.74) is 0.291. The standard InChI is InChI=1S/C23H28FN3O5S/c1-2-21(23(29)25-15-19-7-6-14-32-19)27(18-12-10-17(24)11-13-18)22(28)16-26-33(30,31)20-8-4-3-5-9-20/h3-5,8-13,19,21,26H,2,6-7,14-16H2,1H3,(H,25,29)/t19-,21+/m1/s1. The van der Waals surface area contributed by atoms with Gasteiger partial charge in [-0.15, -0.1) is 0 Å². The van der Waals surface area contributed by atoms with E-state index in [-0.39, 0.29) is 17.4 Å². The maximum absolute atomic E-state index is 13.5. The minimum absolute atomic E-state index is 0.0208. The molecule has 1 saturated heterocycles. The Balaban J connectivity index is 1.78. The summed E-state index contributed by atoms with van der Waals surface area (Å²) in [5.74, 6) is -1.52. The van der Waals surface area contributed by atoms with Gasteiger partial charge in [-0.05, 0) is 55.7 Å². The molecule has 2 N–H and O–H groups in total. The Morgan fingerprint density at radius 2 is 1.85 bits per heavy atom. The van der Waals surface area contributed by atoms with Gasteiger partial charge in [0.15, 0.2) is 0 Å². The number of ether oxygens (including phenoxy) is 1. The Bertz CT molecular complexity index is 1040. The highest BCUT2D eigenvalue weighted by Crippen LogP contribution is 2.21. The lowest BCUT2D eigenvalue weighted by Crippen LogP contribution is -2.53. The van der Waals surface area contributed by atoms with Gasteiger partial charge in [0.1, 0.15) is 11.9 Å². The van der Waals surface area contributed by atoms with Crippen LogP contribution in [0.15, 0.2) is 59.5 Å². The van der Waals surface area contributed by atoms with Crippen LogP contribution in [-0.2, 0) is 24.3 Å². The molecule has 10 heteroatoms. The van der Waals surface area contributed by atoms with Crippen molar-refractivity contribution >= 4 is 27.5 Å². The second-order valence-electron chi connectivity index (χ2n) is 7.68. The van der Waals surface area contributed by atoms with Crippen LogP contribution in [0.2, 0.25) is 0 Å². The fraction of sp³-hybridized carbons (Fsp3) is 0.391. The van der Waals surface area contributed by atoms with Gasteiger partial charge in [0, 0.05) is 18.8 Å². The third kappa shape index (κ3) is 6.59. The number of nitrogens with zero attached hydrogens (tertiary/aromatic N) is 1. The van der Waals surface area contributed by atoms with Crippen LogP contribution in [0.5, 0.6) is 0 Å².